The molecule has 0 saturated carbocycles. The Labute approximate surface area is 119 Å². The van der Waals surface area contributed by atoms with Crippen molar-refractivity contribution in [1.82, 2.24) is 4.98 Å². The van der Waals surface area contributed by atoms with Gasteiger partial charge in [0.2, 0.25) is 0 Å². The minimum Gasteiger partial charge on any atom is -0.370 e. The van der Waals surface area contributed by atoms with Crippen LogP contribution in [0.5, 0.6) is 0 Å². The second kappa shape index (κ2) is 5.71. The smallest absolute Gasteiger partial charge is 0.370 e. The Morgan fingerprint density at radius 1 is 1.14 bits per heavy atom. The summed E-state index contributed by atoms with van der Waals surface area (Å²) in [5, 5.41) is 2.77. The van der Waals surface area contributed by atoms with Crippen LogP contribution in [-0.4, -0.2) is 11.5 Å². The summed E-state index contributed by atoms with van der Waals surface area (Å²) in [6, 6.07) is 6.05. The van der Waals surface area contributed by atoms with Gasteiger partial charge in [-0.3, -0.25) is 0 Å². The Morgan fingerprint density at radius 3 is 2.43 bits per heavy atom. The lowest BCUT2D eigenvalue weighted by Gasteiger charge is -2.12. The fourth-order valence-corrected chi connectivity index (χ4v) is 1.92. The number of halogens is 4. The van der Waals surface area contributed by atoms with Gasteiger partial charge in [-0.1, -0.05) is 0 Å². The van der Waals surface area contributed by atoms with Crippen LogP contribution < -0.4 is 5.32 Å². The van der Waals surface area contributed by atoms with Crippen molar-refractivity contribution in [3.8, 4) is 11.3 Å². The highest BCUT2D eigenvalue weighted by Crippen LogP contribution is 2.33. The Kier molecular flexibility index (Phi) is 4.16. The third-order valence-electron chi connectivity index (χ3n) is 2.96. The number of hydrogen-bond donors (Lipinski definition) is 1. The number of hydrogen-bond acceptors (Lipinski definition) is 2. The number of benzene rings is 1. The topological polar surface area (TPSA) is 24.9 Å². The van der Waals surface area contributed by atoms with Crippen molar-refractivity contribution in [1.29, 1.82) is 0 Å². The van der Waals surface area contributed by atoms with E-state index >= 15 is 0 Å². The van der Waals surface area contributed by atoms with Crippen LogP contribution in [0.25, 0.3) is 11.3 Å². The molecule has 0 saturated heterocycles. The van der Waals surface area contributed by atoms with E-state index in [9.17, 15) is 17.6 Å². The third-order valence-corrected chi connectivity index (χ3v) is 2.96. The molecule has 0 unspecified atom stereocenters. The van der Waals surface area contributed by atoms with Crippen LogP contribution in [-0.2, 0) is 6.18 Å². The lowest BCUT2D eigenvalue weighted by atomic mass is 10.1. The van der Waals surface area contributed by atoms with Gasteiger partial charge in [0, 0.05) is 12.1 Å². The van der Waals surface area contributed by atoms with Gasteiger partial charge >= 0.3 is 6.18 Å². The summed E-state index contributed by atoms with van der Waals surface area (Å²) >= 11 is 0. The predicted octanol–water partition coefficient (Wildman–Crippen LogP) is 4.65. The second-order valence-corrected chi connectivity index (χ2v) is 4.62. The van der Waals surface area contributed by atoms with Crippen LogP contribution in [0, 0.1) is 12.7 Å². The van der Waals surface area contributed by atoms with Gasteiger partial charge in [0.05, 0.1) is 11.3 Å². The van der Waals surface area contributed by atoms with E-state index < -0.39 is 17.6 Å². The molecule has 0 amide bonds. The minimum atomic E-state index is -4.46. The van der Waals surface area contributed by atoms with E-state index in [0.717, 1.165) is 12.1 Å². The molecule has 0 radical (unpaired) electrons. The molecule has 1 aromatic heterocycles. The van der Waals surface area contributed by atoms with Crippen LogP contribution in [0.1, 0.15) is 18.1 Å². The Morgan fingerprint density at radius 2 is 1.86 bits per heavy atom. The van der Waals surface area contributed by atoms with E-state index in [0.29, 0.717) is 17.7 Å². The van der Waals surface area contributed by atoms with Gasteiger partial charge in [-0.05, 0) is 49.7 Å². The third kappa shape index (κ3) is 3.51. The van der Waals surface area contributed by atoms with Crippen molar-refractivity contribution < 1.29 is 17.6 Å². The molecule has 6 heteroatoms. The molecule has 2 nitrogen and oxygen atoms in total. The molecule has 1 N–H and O–H groups in total. The molecule has 0 aliphatic carbocycles. The van der Waals surface area contributed by atoms with Crippen molar-refractivity contribution in [2.75, 3.05) is 11.9 Å². The maximum Gasteiger partial charge on any atom is 0.416 e. The predicted molar refractivity (Wildman–Crippen MR) is 73.5 cm³/mol. The van der Waals surface area contributed by atoms with Crippen LogP contribution in [0.15, 0.2) is 30.3 Å². The lowest BCUT2D eigenvalue weighted by molar-refractivity contribution is -0.137. The van der Waals surface area contributed by atoms with Gasteiger partial charge in [-0.15, -0.1) is 0 Å². The quantitative estimate of drug-likeness (QED) is 0.835. The van der Waals surface area contributed by atoms with E-state index in [-0.39, 0.29) is 11.5 Å². The zero-order chi connectivity index (χ0) is 15.6. The Balaban J connectivity index is 2.56. The van der Waals surface area contributed by atoms with E-state index in [4.69, 9.17) is 0 Å². The first-order valence-corrected chi connectivity index (χ1v) is 6.41. The van der Waals surface area contributed by atoms with Crippen LogP contribution >= 0.6 is 0 Å². The van der Waals surface area contributed by atoms with Crippen LogP contribution in [0.2, 0.25) is 0 Å². The molecule has 2 rings (SSSR count). The summed E-state index contributed by atoms with van der Waals surface area (Å²) in [5.74, 6) is -0.262. The molecule has 1 heterocycles. The number of pyridine rings is 1. The highest BCUT2D eigenvalue weighted by molar-refractivity contribution is 5.63. The van der Waals surface area contributed by atoms with Gasteiger partial charge in [0.1, 0.15) is 11.6 Å². The SMILES string of the molecule is CCNc1cc(C(F)(F)F)cc(-c2ccc(F)c(C)c2)n1. The zero-order valence-corrected chi connectivity index (χ0v) is 11.6. The van der Waals surface area contributed by atoms with Gasteiger partial charge < -0.3 is 5.32 Å². The average Bonchev–Trinajstić information content (AvgIpc) is 2.41. The molecule has 0 spiro atoms. The van der Waals surface area contributed by atoms with Gasteiger partial charge in [0.15, 0.2) is 0 Å². The van der Waals surface area contributed by atoms with Gasteiger partial charge in [-0.2, -0.15) is 13.2 Å². The molecule has 0 fully saturated rings. The Hall–Kier alpha value is -2.11. The highest BCUT2D eigenvalue weighted by Gasteiger charge is 2.31. The molecular weight excluding hydrogens is 284 g/mol. The van der Waals surface area contributed by atoms with E-state index in [1.54, 1.807) is 13.8 Å². The average molecular weight is 298 g/mol. The van der Waals surface area contributed by atoms with Crippen LogP contribution in [0.3, 0.4) is 0 Å². The largest absolute Gasteiger partial charge is 0.416 e. The first kappa shape index (κ1) is 15.3. The zero-order valence-electron chi connectivity index (χ0n) is 11.6. The standard InChI is InChI=1S/C15H14F4N2/c1-3-20-14-8-11(15(17,18)19)7-13(21-14)10-4-5-12(16)9(2)6-10/h4-8H,3H2,1-2H3,(H,20,21). The monoisotopic (exact) mass is 298 g/mol. The number of rotatable bonds is 3. The van der Waals surface area contributed by atoms with Gasteiger partial charge in [-0.25, -0.2) is 9.37 Å². The van der Waals surface area contributed by atoms with Crippen molar-refractivity contribution in [3.05, 3.63) is 47.3 Å². The molecule has 1 aromatic carbocycles. The summed E-state index contributed by atoms with van der Waals surface area (Å²) in [6.07, 6.45) is -4.46. The van der Waals surface area contributed by atoms with Crippen molar-refractivity contribution in [2.45, 2.75) is 20.0 Å². The second-order valence-electron chi connectivity index (χ2n) is 4.62. The molecule has 0 bridgehead atoms. The molecule has 2 aromatic rings. The maximum atomic E-state index is 13.3. The highest BCUT2D eigenvalue weighted by atomic mass is 19.4. The first-order valence-electron chi connectivity index (χ1n) is 6.41. The molecule has 0 aliphatic heterocycles. The normalized spacial score (nSPS) is 11.5. The summed E-state index contributed by atoms with van der Waals surface area (Å²) in [6.45, 7) is 3.78. The molecule has 112 valence electrons. The minimum absolute atomic E-state index is 0.143. The maximum absolute atomic E-state index is 13.3. The summed E-state index contributed by atoms with van der Waals surface area (Å²) in [4.78, 5) is 4.14. The number of aromatic nitrogens is 1. The number of nitrogens with one attached hydrogen (secondary N) is 1. The van der Waals surface area contributed by atoms with Gasteiger partial charge in [0.25, 0.3) is 0 Å². The summed E-state index contributed by atoms with van der Waals surface area (Å²) in [5.41, 5.74) is 0.171. The number of aryl methyl sites for hydroxylation is 1. The first-order chi connectivity index (χ1) is 9.81. The molecule has 0 aliphatic rings. The van der Waals surface area contributed by atoms with Crippen molar-refractivity contribution in [3.63, 3.8) is 0 Å². The lowest BCUT2D eigenvalue weighted by Crippen LogP contribution is -2.08. The van der Waals surface area contributed by atoms with Crippen molar-refractivity contribution in [2.24, 2.45) is 0 Å². The summed E-state index contributed by atoms with van der Waals surface area (Å²) < 4.78 is 52.1. The summed E-state index contributed by atoms with van der Waals surface area (Å²) in [7, 11) is 0. The van der Waals surface area contributed by atoms with Crippen molar-refractivity contribution >= 4 is 5.82 Å². The fraction of sp³-hybridized carbons (Fsp3) is 0.267. The molecule has 21 heavy (non-hydrogen) atoms. The molecular formula is C15H14F4N2. The van der Waals surface area contributed by atoms with E-state index in [2.05, 4.69) is 10.3 Å². The van der Waals surface area contributed by atoms with Crippen LogP contribution in [0.4, 0.5) is 23.4 Å². The van der Waals surface area contributed by atoms with E-state index in [1.165, 1.54) is 18.2 Å². The Bertz CT molecular complexity index is 651. The number of anilines is 1. The number of nitrogens with zero attached hydrogens (tertiary/aromatic N) is 1. The fourth-order valence-electron chi connectivity index (χ4n) is 1.92. The van der Waals surface area contributed by atoms with E-state index in [1.807, 2.05) is 0 Å². The number of alkyl halides is 3. The molecule has 0 atom stereocenters.